The number of rotatable bonds is 3. The van der Waals surface area contributed by atoms with Gasteiger partial charge in [0.15, 0.2) is 0 Å². The Balaban J connectivity index is 2.70. The van der Waals surface area contributed by atoms with Crippen LogP contribution in [-0.2, 0) is 0 Å². The van der Waals surface area contributed by atoms with Gasteiger partial charge in [-0.2, -0.15) is 0 Å². The normalized spacial score (nSPS) is 32.1. The molecule has 2 atom stereocenters. The van der Waals surface area contributed by atoms with E-state index in [1.165, 1.54) is 32.1 Å². The largest absolute Gasteiger partial charge is 0.328 e. The highest BCUT2D eigenvalue weighted by atomic mass is 14.7. The minimum Gasteiger partial charge on any atom is -0.328 e. The van der Waals surface area contributed by atoms with E-state index in [1.807, 2.05) is 0 Å². The molecule has 1 rings (SSSR count). The van der Waals surface area contributed by atoms with Crippen LogP contribution >= 0.6 is 0 Å². The highest BCUT2D eigenvalue weighted by molar-refractivity contribution is 4.90. The molecule has 1 fully saturated rings. The van der Waals surface area contributed by atoms with Gasteiger partial charge in [-0.15, -0.1) is 0 Å². The van der Waals surface area contributed by atoms with Crippen LogP contribution in [0.15, 0.2) is 0 Å². The van der Waals surface area contributed by atoms with Crippen LogP contribution in [0.4, 0.5) is 0 Å². The lowest BCUT2D eigenvalue weighted by Crippen LogP contribution is -2.41. The van der Waals surface area contributed by atoms with E-state index in [4.69, 9.17) is 5.73 Å². The highest BCUT2D eigenvalue weighted by Crippen LogP contribution is 2.45. The fourth-order valence-electron chi connectivity index (χ4n) is 3.19. The van der Waals surface area contributed by atoms with Crippen LogP contribution in [-0.4, -0.2) is 6.04 Å². The van der Waals surface area contributed by atoms with E-state index < -0.39 is 0 Å². The molecule has 1 aliphatic rings. The molecule has 1 heteroatoms. The summed E-state index contributed by atoms with van der Waals surface area (Å²) in [6.07, 6.45) is 6.42. The molecule has 0 aliphatic heterocycles. The lowest BCUT2D eigenvalue weighted by molar-refractivity contribution is 0.0665. The SMILES string of the molecule is CCC(CC)C1CC(N)CCC1(C)C. The Hall–Kier alpha value is -0.0400. The van der Waals surface area contributed by atoms with Crippen molar-refractivity contribution in [2.24, 2.45) is 23.0 Å². The second-order valence-electron chi connectivity index (χ2n) is 5.71. The molecule has 0 aromatic carbocycles. The van der Waals surface area contributed by atoms with Crippen LogP contribution in [0.5, 0.6) is 0 Å². The monoisotopic (exact) mass is 197 g/mol. The van der Waals surface area contributed by atoms with E-state index in [9.17, 15) is 0 Å². The second-order valence-corrected chi connectivity index (χ2v) is 5.71. The summed E-state index contributed by atoms with van der Waals surface area (Å²) in [5, 5.41) is 0. The highest BCUT2D eigenvalue weighted by Gasteiger charge is 2.38. The third-order valence-corrected chi connectivity index (χ3v) is 4.34. The molecule has 84 valence electrons. The lowest BCUT2D eigenvalue weighted by atomic mass is 9.61. The Kier molecular flexibility index (Phi) is 4.00. The Morgan fingerprint density at radius 3 is 2.36 bits per heavy atom. The molecule has 0 saturated heterocycles. The first-order valence-corrected chi connectivity index (χ1v) is 6.26. The molecule has 1 aliphatic carbocycles. The summed E-state index contributed by atoms with van der Waals surface area (Å²) < 4.78 is 0. The summed E-state index contributed by atoms with van der Waals surface area (Å²) in [6.45, 7) is 9.51. The summed E-state index contributed by atoms with van der Waals surface area (Å²) in [5.41, 5.74) is 6.61. The van der Waals surface area contributed by atoms with Crippen LogP contribution in [0, 0.1) is 17.3 Å². The molecule has 1 nitrogen and oxygen atoms in total. The summed E-state index contributed by atoms with van der Waals surface area (Å²) in [6, 6.07) is 0.466. The molecule has 0 heterocycles. The number of hydrogen-bond donors (Lipinski definition) is 1. The molecule has 0 aromatic heterocycles. The van der Waals surface area contributed by atoms with Crippen molar-refractivity contribution >= 4 is 0 Å². The Bertz CT molecular complexity index is 170. The van der Waals surface area contributed by atoms with Gasteiger partial charge in [-0.05, 0) is 36.5 Å². The fourth-order valence-corrected chi connectivity index (χ4v) is 3.19. The van der Waals surface area contributed by atoms with Gasteiger partial charge in [0.05, 0.1) is 0 Å². The second kappa shape index (κ2) is 4.65. The van der Waals surface area contributed by atoms with Crippen molar-refractivity contribution in [3.05, 3.63) is 0 Å². The first-order valence-electron chi connectivity index (χ1n) is 6.26. The van der Waals surface area contributed by atoms with E-state index in [0.29, 0.717) is 11.5 Å². The van der Waals surface area contributed by atoms with Crippen molar-refractivity contribution in [3.63, 3.8) is 0 Å². The molecular weight excluding hydrogens is 170 g/mol. The molecule has 1 saturated carbocycles. The third kappa shape index (κ3) is 2.50. The zero-order valence-electron chi connectivity index (χ0n) is 10.3. The van der Waals surface area contributed by atoms with Gasteiger partial charge in [-0.25, -0.2) is 0 Å². The maximum atomic E-state index is 6.09. The first kappa shape index (κ1) is 12.0. The Morgan fingerprint density at radius 2 is 1.86 bits per heavy atom. The maximum absolute atomic E-state index is 6.09. The first-order chi connectivity index (χ1) is 6.51. The Labute approximate surface area is 89.5 Å². The zero-order valence-corrected chi connectivity index (χ0v) is 10.3. The molecule has 0 bridgehead atoms. The molecule has 0 radical (unpaired) electrons. The van der Waals surface area contributed by atoms with Gasteiger partial charge in [-0.3, -0.25) is 0 Å². The number of nitrogens with two attached hydrogens (primary N) is 1. The summed E-state index contributed by atoms with van der Waals surface area (Å²) in [4.78, 5) is 0. The van der Waals surface area contributed by atoms with Crippen molar-refractivity contribution in [2.75, 3.05) is 0 Å². The predicted molar refractivity (Wildman–Crippen MR) is 63.2 cm³/mol. The summed E-state index contributed by atoms with van der Waals surface area (Å²) in [5.74, 6) is 1.73. The molecule has 0 aromatic rings. The van der Waals surface area contributed by atoms with Crippen LogP contribution < -0.4 is 5.73 Å². The van der Waals surface area contributed by atoms with Gasteiger partial charge in [0.25, 0.3) is 0 Å². The molecular formula is C13H27N. The van der Waals surface area contributed by atoms with Gasteiger partial charge in [-0.1, -0.05) is 40.5 Å². The van der Waals surface area contributed by atoms with Crippen molar-refractivity contribution < 1.29 is 0 Å². The molecule has 2 unspecified atom stereocenters. The topological polar surface area (TPSA) is 26.0 Å². The van der Waals surface area contributed by atoms with Gasteiger partial charge >= 0.3 is 0 Å². The van der Waals surface area contributed by atoms with Crippen LogP contribution in [0.3, 0.4) is 0 Å². The quantitative estimate of drug-likeness (QED) is 0.735. The lowest BCUT2D eigenvalue weighted by Gasteiger charge is -2.45. The van der Waals surface area contributed by atoms with Crippen molar-refractivity contribution in [1.82, 2.24) is 0 Å². The summed E-state index contributed by atoms with van der Waals surface area (Å²) >= 11 is 0. The van der Waals surface area contributed by atoms with E-state index in [-0.39, 0.29) is 0 Å². The van der Waals surface area contributed by atoms with E-state index >= 15 is 0 Å². The zero-order chi connectivity index (χ0) is 10.8. The van der Waals surface area contributed by atoms with Crippen LogP contribution in [0.2, 0.25) is 0 Å². The molecule has 2 N–H and O–H groups in total. The Morgan fingerprint density at radius 1 is 1.29 bits per heavy atom. The smallest absolute Gasteiger partial charge is 0.00419 e. The maximum Gasteiger partial charge on any atom is 0.00419 e. The van der Waals surface area contributed by atoms with Gasteiger partial charge in [0, 0.05) is 6.04 Å². The predicted octanol–water partition coefficient (Wildman–Crippen LogP) is 3.58. The minimum absolute atomic E-state index is 0.466. The summed E-state index contributed by atoms with van der Waals surface area (Å²) in [7, 11) is 0. The van der Waals surface area contributed by atoms with Gasteiger partial charge < -0.3 is 5.73 Å². The fraction of sp³-hybridized carbons (Fsp3) is 1.00. The molecule has 0 amide bonds. The van der Waals surface area contributed by atoms with E-state index in [1.54, 1.807) is 0 Å². The van der Waals surface area contributed by atoms with Gasteiger partial charge in [0.1, 0.15) is 0 Å². The van der Waals surface area contributed by atoms with E-state index in [0.717, 1.165) is 11.8 Å². The average molecular weight is 197 g/mol. The standard InChI is InChI=1S/C13H27N/c1-5-10(6-2)12-9-11(14)7-8-13(12,3)4/h10-12H,5-9,14H2,1-4H3. The van der Waals surface area contributed by atoms with Crippen LogP contribution in [0.1, 0.15) is 59.8 Å². The third-order valence-electron chi connectivity index (χ3n) is 4.34. The van der Waals surface area contributed by atoms with Crippen LogP contribution in [0.25, 0.3) is 0 Å². The molecule has 0 spiro atoms. The number of hydrogen-bond acceptors (Lipinski definition) is 1. The van der Waals surface area contributed by atoms with Gasteiger partial charge in [0.2, 0.25) is 0 Å². The van der Waals surface area contributed by atoms with Crippen molar-refractivity contribution in [2.45, 2.75) is 65.8 Å². The van der Waals surface area contributed by atoms with Crippen molar-refractivity contribution in [3.8, 4) is 0 Å². The average Bonchev–Trinajstić information content (AvgIpc) is 2.13. The molecule has 14 heavy (non-hydrogen) atoms. The van der Waals surface area contributed by atoms with E-state index in [2.05, 4.69) is 27.7 Å². The minimum atomic E-state index is 0.466. The van der Waals surface area contributed by atoms with Crippen molar-refractivity contribution in [1.29, 1.82) is 0 Å².